The minimum absolute atomic E-state index is 0.0156. The Morgan fingerprint density at radius 2 is 1.69 bits per heavy atom. The van der Waals surface area contributed by atoms with Crippen LogP contribution in [0.2, 0.25) is 0 Å². The van der Waals surface area contributed by atoms with Gasteiger partial charge >= 0.3 is 0 Å². The van der Waals surface area contributed by atoms with E-state index >= 15 is 0 Å². The van der Waals surface area contributed by atoms with Gasteiger partial charge in [-0.15, -0.1) is 0 Å². The summed E-state index contributed by atoms with van der Waals surface area (Å²) in [5, 5.41) is 2.80. The first-order valence-electron chi connectivity index (χ1n) is 10.5. The number of piperidine rings is 1. The number of amides is 3. The lowest BCUT2D eigenvalue weighted by atomic mass is 10.1. The number of imide groups is 1. The van der Waals surface area contributed by atoms with Crippen molar-refractivity contribution in [3.8, 4) is 5.75 Å². The van der Waals surface area contributed by atoms with E-state index in [1.807, 2.05) is 17.9 Å². The van der Waals surface area contributed by atoms with Gasteiger partial charge in [0.1, 0.15) is 16.5 Å². The van der Waals surface area contributed by atoms with Gasteiger partial charge in [0.2, 0.25) is 0 Å². The second-order valence-corrected chi connectivity index (χ2v) is 8.22. The molecular weight excluding hydrogens is 430 g/mol. The largest absolute Gasteiger partial charge is 0.497 e. The van der Waals surface area contributed by atoms with E-state index in [0.29, 0.717) is 22.7 Å². The van der Waals surface area contributed by atoms with Gasteiger partial charge in [0.25, 0.3) is 17.7 Å². The van der Waals surface area contributed by atoms with Crippen molar-refractivity contribution in [3.63, 3.8) is 0 Å². The number of likely N-dealkylation sites (tertiary alicyclic amines) is 1. The third-order valence-corrected chi connectivity index (χ3v) is 6.10. The van der Waals surface area contributed by atoms with Crippen LogP contribution in [0.3, 0.4) is 0 Å². The summed E-state index contributed by atoms with van der Waals surface area (Å²) in [5.41, 5.74) is 2.28. The van der Waals surface area contributed by atoms with E-state index in [0.717, 1.165) is 42.8 Å². The molecule has 2 aliphatic rings. The van der Waals surface area contributed by atoms with Crippen LogP contribution in [0.4, 0.5) is 11.4 Å². The Kier molecular flexibility index (Phi) is 6.19. The summed E-state index contributed by atoms with van der Waals surface area (Å²) in [6.45, 7) is 3.35. The molecular formula is C24H24ClN3O4. The van der Waals surface area contributed by atoms with Crippen molar-refractivity contribution in [3.05, 3.63) is 64.3 Å². The predicted molar refractivity (Wildman–Crippen MR) is 123 cm³/mol. The Bertz CT molecular complexity index is 1100. The third-order valence-electron chi connectivity index (χ3n) is 5.75. The highest BCUT2D eigenvalue weighted by molar-refractivity contribution is 6.53. The number of hydrogen-bond donors (Lipinski definition) is 1. The maximum Gasteiger partial charge on any atom is 0.283 e. The molecule has 1 fully saturated rings. The summed E-state index contributed by atoms with van der Waals surface area (Å²) in [5.74, 6) is -0.600. The Labute approximate surface area is 191 Å². The van der Waals surface area contributed by atoms with Gasteiger partial charge in [-0.2, -0.15) is 0 Å². The van der Waals surface area contributed by atoms with Crippen LogP contribution in [-0.4, -0.2) is 42.8 Å². The maximum absolute atomic E-state index is 13.1. The third kappa shape index (κ3) is 4.08. The number of carbonyl (C=O) groups excluding carboxylic acids is 3. The van der Waals surface area contributed by atoms with Crippen molar-refractivity contribution in [2.75, 3.05) is 30.4 Å². The molecule has 4 rings (SSSR count). The van der Waals surface area contributed by atoms with Crippen molar-refractivity contribution >= 4 is 40.7 Å². The van der Waals surface area contributed by atoms with Crippen LogP contribution >= 0.6 is 11.6 Å². The number of nitrogens with zero attached hydrogens (tertiary/aromatic N) is 2. The average Bonchev–Trinajstić information content (AvgIpc) is 3.03. The summed E-state index contributed by atoms with van der Waals surface area (Å²) < 4.78 is 5.13. The van der Waals surface area contributed by atoms with Crippen molar-refractivity contribution in [2.45, 2.75) is 26.2 Å². The molecule has 3 amide bonds. The average molecular weight is 454 g/mol. The normalized spacial score (nSPS) is 16.6. The minimum atomic E-state index is -0.609. The van der Waals surface area contributed by atoms with Crippen LogP contribution in [0.5, 0.6) is 5.75 Å². The van der Waals surface area contributed by atoms with Gasteiger partial charge in [-0.1, -0.05) is 17.7 Å². The molecule has 0 aromatic heterocycles. The van der Waals surface area contributed by atoms with E-state index in [2.05, 4.69) is 5.32 Å². The molecule has 0 spiro atoms. The monoisotopic (exact) mass is 453 g/mol. The zero-order valence-electron chi connectivity index (χ0n) is 18.0. The highest BCUT2D eigenvalue weighted by Gasteiger charge is 2.39. The number of halogens is 1. The highest BCUT2D eigenvalue weighted by atomic mass is 35.5. The van der Waals surface area contributed by atoms with Crippen LogP contribution < -0.4 is 15.0 Å². The molecule has 1 N–H and O–H groups in total. The Balaban J connectivity index is 1.58. The Morgan fingerprint density at radius 1 is 1.00 bits per heavy atom. The zero-order valence-corrected chi connectivity index (χ0v) is 18.7. The van der Waals surface area contributed by atoms with E-state index in [1.165, 1.54) is 7.11 Å². The molecule has 32 heavy (non-hydrogen) atoms. The van der Waals surface area contributed by atoms with Gasteiger partial charge < -0.3 is 15.0 Å². The number of methoxy groups -OCH3 is 1. The SMILES string of the molecule is COc1ccc(N2C(=O)C(Cl)=C(Nc3cc(C(=O)N4CCCCC4)ccc3C)C2=O)cc1. The Hall–Kier alpha value is -3.32. The minimum Gasteiger partial charge on any atom is -0.497 e. The number of nitrogens with one attached hydrogen (secondary N) is 1. The van der Waals surface area contributed by atoms with Gasteiger partial charge in [0.05, 0.1) is 12.8 Å². The van der Waals surface area contributed by atoms with Crippen molar-refractivity contribution in [1.29, 1.82) is 0 Å². The number of carbonyl (C=O) groups is 3. The van der Waals surface area contributed by atoms with Crippen LogP contribution in [0.15, 0.2) is 53.2 Å². The van der Waals surface area contributed by atoms with Gasteiger partial charge in [0.15, 0.2) is 0 Å². The number of aryl methyl sites for hydroxylation is 1. The van der Waals surface area contributed by atoms with E-state index in [-0.39, 0.29) is 16.6 Å². The second kappa shape index (κ2) is 9.04. The van der Waals surface area contributed by atoms with Gasteiger partial charge in [-0.3, -0.25) is 14.4 Å². The molecule has 166 valence electrons. The standard InChI is InChI=1S/C24H24ClN3O4/c1-15-6-7-16(22(29)27-12-4-3-5-13-27)14-19(15)26-21-20(25)23(30)28(24(21)31)17-8-10-18(32-2)11-9-17/h6-11,14,26H,3-5,12-13H2,1-2H3. The molecule has 0 radical (unpaired) electrons. The van der Waals surface area contributed by atoms with Crippen LogP contribution in [0.1, 0.15) is 35.2 Å². The first-order valence-corrected chi connectivity index (χ1v) is 10.9. The highest BCUT2D eigenvalue weighted by Crippen LogP contribution is 2.32. The van der Waals surface area contributed by atoms with Gasteiger partial charge in [0, 0.05) is 24.3 Å². The molecule has 0 atom stereocenters. The Morgan fingerprint density at radius 3 is 2.34 bits per heavy atom. The number of anilines is 2. The molecule has 2 aromatic carbocycles. The molecule has 0 unspecified atom stereocenters. The summed E-state index contributed by atoms with van der Waals surface area (Å²) in [7, 11) is 1.54. The zero-order chi connectivity index (χ0) is 22.8. The number of hydrogen-bond acceptors (Lipinski definition) is 5. The quantitative estimate of drug-likeness (QED) is 0.690. The molecule has 7 nitrogen and oxygen atoms in total. The summed E-state index contributed by atoms with van der Waals surface area (Å²) >= 11 is 6.26. The summed E-state index contributed by atoms with van der Waals surface area (Å²) in [6.07, 6.45) is 3.14. The number of rotatable bonds is 5. The fourth-order valence-corrected chi connectivity index (χ4v) is 4.09. The first-order chi connectivity index (χ1) is 15.4. The smallest absolute Gasteiger partial charge is 0.283 e. The van der Waals surface area contributed by atoms with Crippen LogP contribution in [0.25, 0.3) is 0 Å². The molecule has 2 heterocycles. The molecule has 0 bridgehead atoms. The van der Waals surface area contributed by atoms with Crippen molar-refractivity contribution in [2.24, 2.45) is 0 Å². The topological polar surface area (TPSA) is 79.0 Å². The fraction of sp³-hybridized carbons (Fsp3) is 0.292. The number of benzene rings is 2. The summed E-state index contributed by atoms with van der Waals surface area (Å²) in [4.78, 5) is 41.5. The lowest BCUT2D eigenvalue weighted by Gasteiger charge is -2.27. The van der Waals surface area contributed by atoms with E-state index in [1.54, 1.807) is 36.4 Å². The molecule has 8 heteroatoms. The van der Waals surface area contributed by atoms with E-state index in [9.17, 15) is 14.4 Å². The second-order valence-electron chi connectivity index (χ2n) is 7.84. The maximum atomic E-state index is 13.1. The molecule has 1 saturated heterocycles. The van der Waals surface area contributed by atoms with E-state index < -0.39 is 11.8 Å². The molecule has 2 aliphatic heterocycles. The van der Waals surface area contributed by atoms with Crippen molar-refractivity contribution in [1.82, 2.24) is 4.90 Å². The number of ether oxygens (including phenoxy) is 1. The van der Waals surface area contributed by atoms with Gasteiger partial charge in [-0.05, 0) is 68.1 Å². The fourth-order valence-electron chi connectivity index (χ4n) is 3.88. The van der Waals surface area contributed by atoms with E-state index in [4.69, 9.17) is 16.3 Å². The van der Waals surface area contributed by atoms with Gasteiger partial charge in [-0.25, -0.2) is 4.90 Å². The summed E-state index contributed by atoms with van der Waals surface area (Å²) in [6, 6.07) is 11.9. The predicted octanol–water partition coefficient (Wildman–Crippen LogP) is 4.07. The first kappa shape index (κ1) is 21.9. The molecule has 0 aliphatic carbocycles. The lowest BCUT2D eigenvalue weighted by Crippen LogP contribution is -2.35. The van der Waals surface area contributed by atoms with Crippen molar-refractivity contribution < 1.29 is 19.1 Å². The molecule has 2 aromatic rings. The van der Waals surface area contributed by atoms with Crippen LogP contribution in [-0.2, 0) is 9.59 Å². The molecule has 0 saturated carbocycles. The lowest BCUT2D eigenvalue weighted by molar-refractivity contribution is -0.120. The van der Waals surface area contributed by atoms with Crippen LogP contribution in [0, 0.1) is 6.92 Å².